The number of nitrogens with zero attached hydrogens (tertiary/aromatic N) is 3. The van der Waals surface area contributed by atoms with Crippen molar-refractivity contribution in [3.05, 3.63) is 11.1 Å². The topological polar surface area (TPSA) is 31.4 Å². The smallest absolute Gasteiger partial charge is 0.185 e. The Morgan fingerprint density at radius 2 is 2.33 bits per heavy atom. The first-order valence-corrected chi connectivity index (χ1v) is 7.66. The van der Waals surface area contributed by atoms with E-state index in [0.717, 1.165) is 25.3 Å². The summed E-state index contributed by atoms with van der Waals surface area (Å²) in [6.45, 7) is 6.62. The first-order valence-electron chi connectivity index (χ1n) is 6.78. The van der Waals surface area contributed by atoms with Crippen molar-refractivity contribution < 1.29 is 0 Å². The van der Waals surface area contributed by atoms with Gasteiger partial charge in [-0.3, -0.25) is 0 Å². The Labute approximate surface area is 114 Å². The Morgan fingerprint density at radius 1 is 1.50 bits per heavy atom. The number of anilines is 1. The largest absolute Gasteiger partial charge is 0.344 e. The maximum absolute atomic E-state index is 4.75. The van der Waals surface area contributed by atoms with Crippen LogP contribution in [0.4, 0.5) is 5.13 Å². The molecule has 0 amide bonds. The maximum Gasteiger partial charge on any atom is 0.185 e. The number of hydrogen-bond donors (Lipinski definition) is 1. The predicted octanol–water partition coefficient (Wildman–Crippen LogP) is 1.78. The van der Waals surface area contributed by atoms with Crippen LogP contribution in [0.1, 0.15) is 25.5 Å². The van der Waals surface area contributed by atoms with E-state index in [1.807, 2.05) is 7.05 Å². The summed E-state index contributed by atoms with van der Waals surface area (Å²) in [7, 11) is 4.19. The molecule has 4 nitrogen and oxygen atoms in total. The zero-order valence-electron chi connectivity index (χ0n) is 11.6. The van der Waals surface area contributed by atoms with E-state index in [9.17, 15) is 0 Å². The molecular weight excluding hydrogens is 244 g/mol. The summed E-state index contributed by atoms with van der Waals surface area (Å²) in [4.78, 5) is 9.70. The first-order chi connectivity index (χ1) is 8.74. The quantitative estimate of drug-likeness (QED) is 0.902. The minimum atomic E-state index is 0.603. The van der Waals surface area contributed by atoms with Crippen molar-refractivity contribution in [1.82, 2.24) is 15.2 Å². The second kappa shape index (κ2) is 6.50. The molecule has 5 heteroatoms. The molecule has 0 aliphatic carbocycles. The molecule has 1 fully saturated rings. The molecule has 1 aromatic heterocycles. The van der Waals surface area contributed by atoms with Crippen LogP contribution in [0.15, 0.2) is 5.38 Å². The van der Waals surface area contributed by atoms with E-state index in [-0.39, 0.29) is 0 Å². The molecule has 102 valence electrons. The van der Waals surface area contributed by atoms with Crippen LogP contribution >= 0.6 is 11.3 Å². The molecule has 0 aromatic carbocycles. The van der Waals surface area contributed by atoms with Gasteiger partial charge in [0.15, 0.2) is 5.13 Å². The van der Waals surface area contributed by atoms with Crippen molar-refractivity contribution in [2.24, 2.45) is 0 Å². The van der Waals surface area contributed by atoms with Crippen molar-refractivity contribution in [3.8, 4) is 0 Å². The fourth-order valence-corrected chi connectivity index (χ4v) is 3.46. The minimum Gasteiger partial charge on any atom is -0.344 e. The van der Waals surface area contributed by atoms with Crippen LogP contribution in [0.2, 0.25) is 0 Å². The van der Waals surface area contributed by atoms with E-state index in [0.29, 0.717) is 6.04 Å². The van der Waals surface area contributed by atoms with Crippen LogP contribution in [0, 0.1) is 0 Å². The van der Waals surface area contributed by atoms with Crippen LogP contribution in [-0.4, -0.2) is 49.7 Å². The molecule has 0 saturated carbocycles. The Morgan fingerprint density at radius 3 is 3.06 bits per heavy atom. The molecule has 1 aromatic rings. The van der Waals surface area contributed by atoms with Gasteiger partial charge in [0, 0.05) is 31.1 Å². The van der Waals surface area contributed by atoms with Crippen molar-refractivity contribution in [3.63, 3.8) is 0 Å². The van der Waals surface area contributed by atoms with E-state index in [1.165, 1.54) is 24.5 Å². The highest BCUT2D eigenvalue weighted by Gasteiger charge is 2.24. The van der Waals surface area contributed by atoms with Gasteiger partial charge in [-0.25, -0.2) is 4.98 Å². The number of thiazole rings is 1. The SMILES string of the molecule is CCC1CN(C)CCCN1c1nc(CNC)cs1. The van der Waals surface area contributed by atoms with Gasteiger partial charge in [-0.2, -0.15) is 0 Å². The lowest BCUT2D eigenvalue weighted by atomic mass is 10.2. The first kappa shape index (κ1) is 13.8. The van der Waals surface area contributed by atoms with Crippen LogP contribution < -0.4 is 10.2 Å². The van der Waals surface area contributed by atoms with Crippen LogP contribution in [0.25, 0.3) is 0 Å². The van der Waals surface area contributed by atoms with Crippen molar-refractivity contribution in [1.29, 1.82) is 0 Å². The highest BCUT2D eigenvalue weighted by Crippen LogP contribution is 2.25. The lowest BCUT2D eigenvalue weighted by molar-refractivity contribution is 0.328. The molecule has 1 unspecified atom stereocenters. The molecule has 0 bridgehead atoms. The monoisotopic (exact) mass is 268 g/mol. The summed E-state index contributed by atoms with van der Waals surface area (Å²) in [6.07, 6.45) is 2.42. The molecule has 2 rings (SSSR count). The molecule has 1 aliphatic heterocycles. The number of likely N-dealkylation sites (N-methyl/N-ethyl adjacent to an activating group) is 1. The number of hydrogen-bond acceptors (Lipinski definition) is 5. The van der Waals surface area contributed by atoms with E-state index in [2.05, 4.69) is 34.5 Å². The second-order valence-corrected chi connectivity index (χ2v) is 5.86. The van der Waals surface area contributed by atoms with Crippen LogP contribution in [0.5, 0.6) is 0 Å². The van der Waals surface area contributed by atoms with Gasteiger partial charge in [-0.05, 0) is 33.5 Å². The maximum atomic E-state index is 4.75. The number of nitrogens with one attached hydrogen (secondary N) is 1. The van der Waals surface area contributed by atoms with Gasteiger partial charge in [-0.15, -0.1) is 11.3 Å². The number of aromatic nitrogens is 1. The fraction of sp³-hybridized carbons (Fsp3) is 0.769. The molecule has 0 radical (unpaired) electrons. The Kier molecular flexibility index (Phi) is 4.97. The average Bonchev–Trinajstić information content (AvgIpc) is 2.72. The molecule has 0 spiro atoms. The Bertz CT molecular complexity index is 366. The summed E-state index contributed by atoms with van der Waals surface area (Å²) in [5.74, 6) is 0. The van der Waals surface area contributed by atoms with Gasteiger partial charge >= 0.3 is 0 Å². The third-order valence-electron chi connectivity index (χ3n) is 3.52. The van der Waals surface area contributed by atoms with E-state index < -0.39 is 0 Å². The molecular formula is C13H24N4S. The summed E-state index contributed by atoms with van der Waals surface area (Å²) in [5.41, 5.74) is 1.16. The number of rotatable bonds is 4. The Balaban J connectivity index is 2.12. The Hall–Kier alpha value is -0.650. The van der Waals surface area contributed by atoms with Gasteiger partial charge < -0.3 is 15.1 Å². The van der Waals surface area contributed by atoms with Crippen LogP contribution in [0.3, 0.4) is 0 Å². The fourth-order valence-electron chi connectivity index (χ4n) is 2.53. The average molecular weight is 268 g/mol. The molecule has 1 saturated heterocycles. The van der Waals surface area contributed by atoms with E-state index in [4.69, 9.17) is 4.98 Å². The van der Waals surface area contributed by atoms with Gasteiger partial charge in [0.25, 0.3) is 0 Å². The normalized spacial score (nSPS) is 22.2. The van der Waals surface area contributed by atoms with E-state index >= 15 is 0 Å². The third-order valence-corrected chi connectivity index (χ3v) is 4.44. The highest BCUT2D eigenvalue weighted by molar-refractivity contribution is 7.13. The predicted molar refractivity (Wildman–Crippen MR) is 78.4 cm³/mol. The lowest BCUT2D eigenvalue weighted by Crippen LogP contribution is -2.39. The van der Waals surface area contributed by atoms with Crippen molar-refractivity contribution in [2.45, 2.75) is 32.4 Å². The molecule has 1 aliphatic rings. The highest BCUT2D eigenvalue weighted by atomic mass is 32.1. The van der Waals surface area contributed by atoms with Gasteiger partial charge in [0.05, 0.1) is 5.69 Å². The van der Waals surface area contributed by atoms with Crippen LogP contribution in [-0.2, 0) is 6.54 Å². The standard InChI is InChI=1S/C13H24N4S/c1-4-12-9-16(3)6-5-7-17(12)13-15-11(8-14-2)10-18-13/h10,12,14H,4-9H2,1-3H3. The summed E-state index contributed by atoms with van der Waals surface area (Å²) in [5, 5.41) is 6.53. The third kappa shape index (κ3) is 3.22. The molecule has 18 heavy (non-hydrogen) atoms. The van der Waals surface area contributed by atoms with Gasteiger partial charge in [0.1, 0.15) is 0 Å². The summed E-state index contributed by atoms with van der Waals surface area (Å²) < 4.78 is 0. The van der Waals surface area contributed by atoms with Gasteiger partial charge in [-0.1, -0.05) is 6.92 Å². The molecule has 1 N–H and O–H groups in total. The summed E-state index contributed by atoms with van der Waals surface area (Å²) >= 11 is 1.78. The van der Waals surface area contributed by atoms with Crippen molar-refractivity contribution in [2.75, 3.05) is 38.6 Å². The second-order valence-electron chi connectivity index (χ2n) is 5.02. The van der Waals surface area contributed by atoms with Gasteiger partial charge in [0.2, 0.25) is 0 Å². The minimum absolute atomic E-state index is 0.603. The lowest BCUT2D eigenvalue weighted by Gasteiger charge is -2.29. The van der Waals surface area contributed by atoms with E-state index in [1.54, 1.807) is 11.3 Å². The zero-order chi connectivity index (χ0) is 13.0. The molecule has 1 atom stereocenters. The van der Waals surface area contributed by atoms with Crippen molar-refractivity contribution >= 4 is 16.5 Å². The molecule has 2 heterocycles. The zero-order valence-corrected chi connectivity index (χ0v) is 12.5. The summed E-state index contributed by atoms with van der Waals surface area (Å²) in [6, 6.07) is 0.603.